The largest absolute Gasteiger partial charge is 0.459 e. The van der Waals surface area contributed by atoms with E-state index in [1.807, 2.05) is 0 Å². The van der Waals surface area contributed by atoms with Crippen LogP contribution in [0.5, 0.6) is 0 Å². The van der Waals surface area contributed by atoms with Crippen LogP contribution in [0.15, 0.2) is 12.1 Å². The van der Waals surface area contributed by atoms with Crippen LogP contribution >= 0.6 is 22.9 Å². The number of hydrogen-bond acceptors (Lipinski definition) is 3. The SMILES string of the molecule is COC(=O)C#Cc1ccc(Cl)s1. The summed E-state index contributed by atoms with van der Waals surface area (Å²) in [6.07, 6.45) is 0. The Balaban J connectivity index is 2.73. The number of carbonyl (C=O) groups excluding carboxylic acids is 1. The van der Waals surface area contributed by atoms with Crippen LogP contribution in [0, 0.1) is 11.8 Å². The molecule has 1 aromatic rings. The van der Waals surface area contributed by atoms with Gasteiger partial charge in [-0.2, -0.15) is 0 Å². The van der Waals surface area contributed by atoms with Gasteiger partial charge in [-0.1, -0.05) is 11.6 Å². The van der Waals surface area contributed by atoms with E-state index in [0.29, 0.717) is 4.34 Å². The summed E-state index contributed by atoms with van der Waals surface area (Å²) < 4.78 is 4.99. The van der Waals surface area contributed by atoms with Crippen LogP contribution in [-0.4, -0.2) is 13.1 Å². The van der Waals surface area contributed by atoms with E-state index in [2.05, 4.69) is 16.6 Å². The van der Waals surface area contributed by atoms with Gasteiger partial charge in [0, 0.05) is 5.92 Å². The van der Waals surface area contributed by atoms with E-state index >= 15 is 0 Å². The summed E-state index contributed by atoms with van der Waals surface area (Å²) in [4.78, 5) is 11.3. The average Bonchev–Trinajstić information content (AvgIpc) is 2.47. The first-order chi connectivity index (χ1) is 5.72. The van der Waals surface area contributed by atoms with Crippen LogP contribution in [0.4, 0.5) is 0 Å². The summed E-state index contributed by atoms with van der Waals surface area (Å²) in [6, 6.07) is 3.48. The van der Waals surface area contributed by atoms with Gasteiger partial charge in [0.2, 0.25) is 0 Å². The van der Waals surface area contributed by atoms with Crippen molar-refractivity contribution in [1.82, 2.24) is 0 Å². The highest BCUT2D eigenvalue weighted by Gasteiger charge is 1.94. The zero-order valence-corrected chi connectivity index (χ0v) is 7.83. The number of rotatable bonds is 0. The van der Waals surface area contributed by atoms with E-state index in [1.165, 1.54) is 18.4 Å². The van der Waals surface area contributed by atoms with Crippen molar-refractivity contribution in [3.05, 3.63) is 21.3 Å². The summed E-state index contributed by atoms with van der Waals surface area (Å²) in [5, 5.41) is 0. The molecule has 0 bridgehead atoms. The molecule has 0 unspecified atom stereocenters. The lowest BCUT2D eigenvalue weighted by molar-refractivity contribution is -0.133. The summed E-state index contributed by atoms with van der Waals surface area (Å²) in [7, 11) is 1.29. The van der Waals surface area contributed by atoms with E-state index in [-0.39, 0.29) is 0 Å². The molecule has 0 aliphatic carbocycles. The third kappa shape index (κ3) is 2.57. The normalized spacial score (nSPS) is 8.50. The molecular formula is C8H5ClO2S. The van der Waals surface area contributed by atoms with Crippen molar-refractivity contribution in [2.24, 2.45) is 0 Å². The fourth-order valence-electron chi connectivity index (χ4n) is 0.545. The van der Waals surface area contributed by atoms with Crippen LogP contribution in [0.3, 0.4) is 0 Å². The van der Waals surface area contributed by atoms with Gasteiger partial charge in [0.1, 0.15) is 0 Å². The Morgan fingerprint density at radius 2 is 2.42 bits per heavy atom. The Hall–Kier alpha value is -0.980. The summed E-state index contributed by atoms with van der Waals surface area (Å²) in [6.45, 7) is 0. The molecule has 4 heteroatoms. The van der Waals surface area contributed by atoms with Gasteiger partial charge < -0.3 is 4.74 Å². The van der Waals surface area contributed by atoms with Crippen LogP contribution in [0.2, 0.25) is 4.34 Å². The molecule has 0 aliphatic heterocycles. The van der Waals surface area contributed by atoms with Crippen molar-refractivity contribution >= 4 is 28.9 Å². The molecule has 0 fully saturated rings. The summed E-state index contributed by atoms with van der Waals surface area (Å²) in [5.41, 5.74) is 0. The molecule has 0 aliphatic rings. The molecule has 12 heavy (non-hydrogen) atoms. The maximum atomic E-state index is 10.6. The molecule has 0 amide bonds. The fraction of sp³-hybridized carbons (Fsp3) is 0.125. The zero-order chi connectivity index (χ0) is 8.97. The second-order valence-corrected chi connectivity index (χ2v) is 3.56. The molecular weight excluding hydrogens is 196 g/mol. The third-order valence-electron chi connectivity index (χ3n) is 1.05. The van der Waals surface area contributed by atoms with E-state index in [4.69, 9.17) is 11.6 Å². The number of methoxy groups -OCH3 is 1. The first-order valence-electron chi connectivity index (χ1n) is 3.07. The number of halogens is 1. The zero-order valence-electron chi connectivity index (χ0n) is 6.26. The molecule has 2 nitrogen and oxygen atoms in total. The standard InChI is InChI=1S/C8H5ClO2S/c1-11-8(10)5-3-6-2-4-7(9)12-6/h2,4H,1H3. The van der Waals surface area contributed by atoms with Gasteiger partial charge in [-0.3, -0.25) is 0 Å². The first kappa shape index (κ1) is 9.11. The quantitative estimate of drug-likeness (QED) is 0.473. The van der Waals surface area contributed by atoms with E-state index in [0.717, 1.165) is 4.88 Å². The maximum absolute atomic E-state index is 10.6. The molecule has 0 radical (unpaired) electrons. The average molecular weight is 201 g/mol. The first-order valence-corrected chi connectivity index (χ1v) is 4.27. The van der Waals surface area contributed by atoms with E-state index < -0.39 is 5.97 Å². The number of esters is 1. The van der Waals surface area contributed by atoms with Gasteiger partial charge in [-0.05, 0) is 18.1 Å². The minimum atomic E-state index is -0.542. The number of hydrogen-bond donors (Lipinski definition) is 0. The Morgan fingerprint density at radius 1 is 1.67 bits per heavy atom. The molecule has 0 aromatic carbocycles. The molecule has 0 spiro atoms. The van der Waals surface area contributed by atoms with Crippen LogP contribution in [0.25, 0.3) is 0 Å². The Kier molecular flexibility index (Phi) is 3.15. The Labute approximate surface area is 79.1 Å². The lowest BCUT2D eigenvalue weighted by Gasteiger charge is -1.82. The molecule has 1 heterocycles. The summed E-state index contributed by atoms with van der Waals surface area (Å²) >= 11 is 6.97. The monoisotopic (exact) mass is 200 g/mol. The van der Waals surface area contributed by atoms with Crippen molar-refractivity contribution in [2.75, 3.05) is 7.11 Å². The van der Waals surface area contributed by atoms with Crippen LogP contribution in [-0.2, 0) is 9.53 Å². The van der Waals surface area contributed by atoms with Gasteiger partial charge in [0.05, 0.1) is 16.3 Å². The number of thiophene rings is 1. The number of ether oxygens (including phenoxy) is 1. The highest BCUT2D eigenvalue weighted by Crippen LogP contribution is 2.19. The second-order valence-electron chi connectivity index (χ2n) is 1.85. The Morgan fingerprint density at radius 3 is 2.92 bits per heavy atom. The van der Waals surface area contributed by atoms with Crippen LogP contribution < -0.4 is 0 Å². The van der Waals surface area contributed by atoms with E-state index in [9.17, 15) is 4.79 Å². The lowest BCUT2D eigenvalue weighted by atomic mass is 10.4. The van der Waals surface area contributed by atoms with Crippen molar-refractivity contribution in [1.29, 1.82) is 0 Å². The topological polar surface area (TPSA) is 26.3 Å². The molecule has 1 rings (SSSR count). The maximum Gasteiger partial charge on any atom is 0.384 e. The predicted octanol–water partition coefficient (Wildman–Crippen LogP) is 1.93. The van der Waals surface area contributed by atoms with Crippen molar-refractivity contribution in [3.63, 3.8) is 0 Å². The minimum absolute atomic E-state index is 0.542. The highest BCUT2D eigenvalue weighted by atomic mass is 35.5. The van der Waals surface area contributed by atoms with E-state index in [1.54, 1.807) is 12.1 Å². The predicted molar refractivity (Wildman–Crippen MR) is 48.2 cm³/mol. The van der Waals surface area contributed by atoms with Crippen LogP contribution in [0.1, 0.15) is 4.88 Å². The number of carbonyl (C=O) groups is 1. The second kappa shape index (κ2) is 4.15. The highest BCUT2D eigenvalue weighted by molar-refractivity contribution is 7.16. The minimum Gasteiger partial charge on any atom is -0.459 e. The van der Waals surface area contributed by atoms with Crippen molar-refractivity contribution in [3.8, 4) is 11.8 Å². The Bertz CT molecular complexity index is 345. The van der Waals surface area contributed by atoms with Crippen molar-refractivity contribution < 1.29 is 9.53 Å². The smallest absolute Gasteiger partial charge is 0.384 e. The molecule has 0 saturated carbocycles. The molecule has 0 atom stereocenters. The molecule has 0 saturated heterocycles. The van der Waals surface area contributed by atoms with Gasteiger partial charge >= 0.3 is 5.97 Å². The summed E-state index contributed by atoms with van der Waals surface area (Å²) in [5.74, 6) is 4.39. The molecule has 0 N–H and O–H groups in total. The van der Waals surface area contributed by atoms with Gasteiger partial charge in [0.25, 0.3) is 0 Å². The van der Waals surface area contributed by atoms with Gasteiger partial charge in [0.15, 0.2) is 0 Å². The lowest BCUT2D eigenvalue weighted by Crippen LogP contribution is -1.93. The van der Waals surface area contributed by atoms with Gasteiger partial charge in [-0.15, -0.1) is 11.3 Å². The van der Waals surface area contributed by atoms with Gasteiger partial charge in [-0.25, -0.2) is 4.79 Å². The molecule has 62 valence electrons. The van der Waals surface area contributed by atoms with Crippen molar-refractivity contribution in [2.45, 2.75) is 0 Å². The fourth-order valence-corrected chi connectivity index (χ4v) is 1.44. The molecule has 1 aromatic heterocycles. The third-order valence-corrected chi connectivity index (χ3v) is 2.19.